The van der Waals surface area contributed by atoms with Gasteiger partial charge in [0.05, 0.1) is 4.47 Å². The maximum absolute atomic E-state index is 13.0. The molecule has 0 aliphatic heterocycles. The number of nitrogens with one attached hydrogen (secondary N) is 1. The second kappa shape index (κ2) is 10.7. The molecule has 1 unspecified atom stereocenters. The summed E-state index contributed by atoms with van der Waals surface area (Å²) in [6, 6.07) is 11.6. The number of hydrogen-bond acceptors (Lipinski definition) is 3. The van der Waals surface area contributed by atoms with Crippen LogP contribution < -0.4 is 10.1 Å². The van der Waals surface area contributed by atoms with Crippen molar-refractivity contribution in [1.29, 1.82) is 0 Å². The highest BCUT2D eigenvalue weighted by Crippen LogP contribution is 2.28. The highest BCUT2D eigenvalue weighted by molar-refractivity contribution is 9.10. The molecule has 0 heterocycles. The second-order valence-electron chi connectivity index (χ2n) is 6.01. The normalized spacial score (nSPS) is 11.6. The number of likely N-dealkylation sites (N-methyl/N-ethyl adjacent to an activating group) is 1. The number of carbonyl (C=O) groups is 2. The van der Waals surface area contributed by atoms with E-state index in [0.717, 1.165) is 5.56 Å². The third-order valence-corrected chi connectivity index (χ3v) is 5.40. The molecule has 0 fully saturated rings. The van der Waals surface area contributed by atoms with Crippen LogP contribution in [0, 0.1) is 0 Å². The van der Waals surface area contributed by atoms with Crippen molar-refractivity contribution in [3.05, 3.63) is 62.5 Å². The lowest BCUT2D eigenvalue weighted by Crippen LogP contribution is -2.49. The molecule has 2 aromatic carbocycles. The van der Waals surface area contributed by atoms with Gasteiger partial charge in [0, 0.05) is 23.6 Å². The molecule has 0 aromatic heterocycles. The molecule has 2 aromatic rings. The Morgan fingerprint density at radius 2 is 1.93 bits per heavy atom. The Balaban J connectivity index is 2.22. The number of halogens is 3. The molecule has 1 atom stereocenters. The molecule has 0 saturated carbocycles. The summed E-state index contributed by atoms with van der Waals surface area (Å²) in [4.78, 5) is 26.8. The first-order valence-electron chi connectivity index (χ1n) is 8.69. The molecular weight excluding hydrogens is 467 g/mol. The highest BCUT2D eigenvalue weighted by Gasteiger charge is 2.28. The quantitative estimate of drug-likeness (QED) is 0.587. The minimum absolute atomic E-state index is 0.204. The van der Waals surface area contributed by atoms with Crippen LogP contribution in [0.3, 0.4) is 0 Å². The second-order valence-corrected chi connectivity index (χ2v) is 7.71. The Kier molecular flexibility index (Phi) is 8.60. The lowest BCUT2D eigenvalue weighted by atomic mass is 10.1. The predicted octanol–water partition coefficient (Wildman–Crippen LogP) is 4.69. The van der Waals surface area contributed by atoms with Gasteiger partial charge in [-0.05, 0) is 52.2 Å². The van der Waals surface area contributed by atoms with Crippen LogP contribution in [0.1, 0.15) is 18.9 Å². The van der Waals surface area contributed by atoms with Crippen molar-refractivity contribution in [2.75, 3.05) is 13.7 Å². The van der Waals surface area contributed by atoms with Gasteiger partial charge in [-0.3, -0.25) is 9.59 Å². The van der Waals surface area contributed by atoms with E-state index in [1.165, 1.54) is 4.90 Å². The van der Waals surface area contributed by atoms with Gasteiger partial charge in [-0.1, -0.05) is 48.3 Å². The maximum atomic E-state index is 13.0. The molecule has 1 N–H and O–H groups in total. The van der Waals surface area contributed by atoms with Gasteiger partial charge in [-0.25, -0.2) is 0 Å². The van der Waals surface area contributed by atoms with Crippen molar-refractivity contribution in [3.8, 4) is 5.75 Å². The number of amides is 2. The SMILES string of the molecule is CCC(C(=O)NC)N(Cc1ccccc1Cl)C(=O)COc1ccc(Cl)cc1Br. The Morgan fingerprint density at radius 3 is 2.54 bits per heavy atom. The Bertz CT molecular complexity index is 848. The predicted molar refractivity (Wildman–Crippen MR) is 115 cm³/mol. The van der Waals surface area contributed by atoms with Gasteiger partial charge < -0.3 is 15.0 Å². The van der Waals surface area contributed by atoms with Crippen LogP contribution in [0.15, 0.2) is 46.9 Å². The van der Waals surface area contributed by atoms with Gasteiger partial charge in [0.1, 0.15) is 11.8 Å². The smallest absolute Gasteiger partial charge is 0.261 e. The fourth-order valence-electron chi connectivity index (χ4n) is 2.71. The number of ether oxygens (including phenoxy) is 1. The summed E-state index contributed by atoms with van der Waals surface area (Å²) in [5.74, 6) is -0.0729. The minimum atomic E-state index is -0.633. The van der Waals surface area contributed by atoms with Crippen LogP contribution in [-0.2, 0) is 16.1 Å². The molecule has 0 radical (unpaired) electrons. The molecule has 2 rings (SSSR count). The zero-order valence-electron chi connectivity index (χ0n) is 15.5. The summed E-state index contributed by atoms with van der Waals surface area (Å²) < 4.78 is 6.29. The summed E-state index contributed by atoms with van der Waals surface area (Å²) in [7, 11) is 1.55. The molecule has 0 aliphatic carbocycles. The van der Waals surface area contributed by atoms with Crippen molar-refractivity contribution in [3.63, 3.8) is 0 Å². The van der Waals surface area contributed by atoms with Gasteiger partial charge in [0.15, 0.2) is 6.61 Å². The van der Waals surface area contributed by atoms with Crippen LogP contribution in [-0.4, -0.2) is 36.4 Å². The van der Waals surface area contributed by atoms with Gasteiger partial charge in [0.2, 0.25) is 5.91 Å². The number of nitrogens with zero attached hydrogens (tertiary/aromatic N) is 1. The van der Waals surface area contributed by atoms with E-state index < -0.39 is 6.04 Å². The van der Waals surface area contributed by atoms with E-state index in [9.17, 15) is 9.59 Å². The average Bonchev–Trinajstić information content (AvgIpc) is 2.68. The fourth-order valence-corrected chi connectivity index (χ4v) is 3.70. The first-order chi connectivity index (χ1) is 13.4. The number of carbonyl (C=O) groups excluding carboxylic acids is 2. The van der Waals surface area contributed by atoms with Crippen LogP contribution in [0.4, 0.5) is 0 Å². The summed E-state index contributed by atoms with van der Waals surface area (Å²) in [5.41, 5.74) is 0.757. The minimum Gasteiger partial charge on any atom is -0.483 e. The number of rotatable bonds is 8. The number of benzene rings is 2. The van der Waals surface area contributed by atoms with Crippen molar-refractivity contribution in [2.24, 2.45) is 0 Å². The van der Waals surface area contributed by atoms with E-state index >= 15 is 0 Å². The zero-order chi connectivity index (χ0) is 20.7. The zero-order valence-corrected chi connectivity index (χ0v) is 18.6. The van der Waals surface area contributed by atoms with Crippen LogP contribution in [0.5, 0.6) is 5.75 Å². The Labute approximate surface area is 183 Å². The third-order valence-electron chi connectivity index (χ3n) is 4.18. The summed E-state index contributed by atoms with van der Waals surface area (Å²) >= 11 is 15.5. The monoisotopic (exact) mass is 486 g/mol. The van der Waals surface area contributed by atoms with E-state index in [-0.39, 0.29) is 25.0 Å². The molecule has 0 saturated heterocycles. The van der Waals surface area contributed by atoms with Crippen molar-refractivity contribution in [1.82, 2.24) is 10.2 Å². The van der Waals surface area contributed by atoms with Crippen LogP contribution in [0.2, 0.25) is 10.0 Å². The third kappa shape index (κ3) is 5.87. The molecule has 5 nitrogen and oxygen atoms in total. The topological polar surface area (TPSA) is 58.6 Å². The summed E-state index contributed by atoms with van der Waals surface area (Å²) in [6.45, 7) is 1.83. The van der Waals surface area contributed by atoms with Gasteiger partial charge in [0.25, 0.3) is 5.91 Å². The summed E-state index contributed by atoms with van der Waals surface area (Å²) in [6.07, 6.45) is 0.459. The molecule has 2 amide bonds. The van der Waals surface area contributed by atoms with E-state index in [1.807, 2.05) is 25.1 Å². The largest absolute Gasteiger partial charge is 0.483 e. The fraction of sp³-hybridized carbons (Fsp3) is 0.300. The number of hydrogen-bond donors (Lipinski definition) is 1. The molecule has 28 heavy (non-hydrogen) atoms. The first kappa shape index (κ1) is 22.5. The molecule has 0 aliphatic rings. The Morgan fingerprint density at radius 1 is 1.21 bits per heavy atom. The molecule has 8 heteroatoms. The Hall–Kier alpha value is -1.76. The standard InChI is InChI=1S/C20H21BrCl2N2O3/c1-3-17(20(27)24-2)25(11-13-6-4-5-7-16(13)23)19(26)12-28-18-9-8-14(22)10-15(18)21/h4-10,17H,3,11-12H2,1-2H3,(H,24,27). The lowest BCUT2D eigenvalue weighted by molar-refractivity contribution is -0.142. The molecule has 0 spiro atoms. The van der Waals surface area contributed by atoms with Crippen LogP contribution >= 0.6 is 39.1 Å². The van der Waals surface area contributed by atoms with Gasteiger partial charge >= 0.3 is 0 Å². The van der Waals surface area contributed by atoms with Gasteiger partial charge in [-0.15, -0.1) is 0 Å². The molecule has 0 bridgehead atoms. The lowest BCUT2D eigenvalue weighted by Gasteiger charge is -2.30. The van der Waals surface area contributed by atoms with Crippen LogP contribution in [0.25, 0.3) is 0 Å². The van der Waals surface area contributed by atoms with E-state index in [1.54, 1.807) is 31.3 Å². The molecular formula is C20H21BrCl2N2O3. The van der Waals surface area contributed by atoms with Crippen molar-refractivity contribution in [2.45, 2.75) is 25.9 Å². The first-order valence-corrected chi connectivity index (χ1v) is 10.2. The van der Waals surface area contributed by atoms with E-state index in [2.05, 4.69) is 21.2 Å². The highest BCUT2D eigenvalue weighted by atomic mass is 79.9. The summed E-state index contributed by atoms with van der Waals surface area (Å²) in [5, 5.41) is 3.70. The average molecular weight is 488 g/mol. The van der Waals surface area contributed by atoms with Crippen molar-refractivity contribution < 1.29 is 14.3 Å². The van der Waals surface area contributed by atoms with Gasteiger partial charge in [-0.2, -0.15) is 0 Å². The maximum Gasteiger partial charge on any atom is 0.261 e. The van der Waals surface area contributed by atoms with E-state index in [4.69, 9.17) is 27.9 Å². The van der Waals surface area contributed by atoms with Crippen molar-refractivity contribution >= 4 is 50.9 Å². The molecule has 150 valence electrons. The van der Waals surface area contributed by atoms with E-state index in [0.29, 0.717) is 26.7 Å².